The summed E-state index contributed by atoms with van der Waals surface area (Å²) in [7, 11) is -4.20. The number of benzene rings is 3. The Hall–Kier alpha value is -3.31. The van der Waals surface area contributed by atoms with Gasteiger partial charge in [-0.2, -0.15) is 13.7 Å². The predicted molar refractivity (Wildman–Crippen MR) is 124 cm³/mol. The van der Waals surface area contributed by atoms with Gasteiger partial charge in [0.25, 0.3) is 5.91 Å². The van der Waals surface area contributed by atoms with E-state index in [1.54, 1.807) is 12.1 Å². The van der Waals surface area contributed by atoms with E-state index in [2.05, 4.69) is 5.32 Å². The Morgan fingerprint density at radius 2 is 1.62 bits per heavy atom. The summed E-state index contributed by atoms with van der Waals surface area (Å²) in [5, 5.41) is 12.8. The van der Waals surface area contributed by atoms with Crippen LogP contribution >= 0.6 is 23.2 Å². The van der Waals surface area contributed by atoms with Crippen molar-refractivity contribution in [1.29, 1.82) is 5.26 Å². The summed E-state index contributed by atoms with van der Waals surface area (Å²) in [5.41, 5.74) is 1.41. The first kappa shape index (κ1) is 23.4. The molecule has 0 saturated carbocycles. The van der Waals surface area contributed by atoms with Gasteiger partial charge in [-0.15, -0.1) is 0 Å². The van der Waals surface area contributed by atoms with Crippen LogP contribution in [0.2, 0.25) is 10.0 Å². The normalized spacial score (nSPS) is 11.5. The van der Waals surface area contributed by atoms with E-state index in [4.69, 9.17) is 27.4 Å². The van der Waals surface area contributed by atoms with E-state index in [1.807, 2.05) is 25.1 Å². The van der Waals surface area contributed by atoms with Crippen LogP contribution in [0.5, 0.6) is 5.75 Å². The molecule has 0 aliphatic carbocycles. The lowest BCUT2D eigenvalue weighted by Gasteiger charge is -2.11. The van der Waals surface area contributed by atoms with Gasteiger partial charge >= 0.3 is 10.1 Å². The molecule has 3 aromatic carbocycles. The highest BCUT2D eigenvalue weighted by molar-refractivity contribution is 7.87. The van der Waals surface area contributed by atoms with Crippen molar-refractivity contribution in [1.82, 2.24) is 0 Å². The van der Waals surface area contributed by atoms with Gasteiger partial charge in [-0.25, -0.2) is 0 Å². The number of nitrogens with one attached hydrogen (secondary N) is 1. The van der Waals surface area contributed by atoms with Crippen LogP contribution in [0.1, 0.15) is 11.1 Å². The SMILES string of the molecule is Cc1ccc(NC(=O)/C(C#N)=C/c2cc(Cl)ccc2OS(=O)(=O)c2ccc(Cl)cc2)cc1. The van der Waals surface area contributed by atoms with Gasteiger partial charge in [0.2, 0.25) is 0 Å². The number of amides is 1. The number of nitriles is 1. The van der Waals surface area contributed by atoms with Crippen molar-refractivity contribution in [3.63, 3.8) is 0 Å². The minimum atomic E-state index is -4.20. The Morgan fingerprint density at radius 3 is 2.25 bits per heavy atom. The third-order valence-electron chi connectivity index (χ3n) is 4.25. The first-order valence-corrected chi connectivity index (χ1v) is 11.3. The minimum absolute atomic E-state index is 0.0970. The molecule has 0 aromatic heterocycles. The summed E-state index contributed by atoms with van der Waals surface area (Å²) >= 11 is 11.8. The molecule has 0 heterocycles. The second-order valence-electron chi connectivity index (χ2n) is 6.66. The molecule has 1 amide bonds. The van der Waals surface area contributed by atoms with Crippen molar-refractivity contribution in [2.24, 2.45) is 0 Å². The van der Waals surface area contributed by atoms with E-state index in [1.165, 1.54) is 48.5 Å². The van der Waals surface area contributed by atoms with Crippen LogP contribution in [0.3, 0.4) is 0 Å². The molecule has 0 aliphatic heterocycles. The molecule has 6 nitrogen and oxygen atoms in total. The maximum absolute atomic E-state index is 12.6. The van der Waals surface area contributed by atoms with Crippen LogP contribution in [-0.2, 0) is 14.9 Å². The summed E-state index contributed by atoms with van der Waals surface area (Å²) < 4.78 is 30.5. The molecule has 3 rings (SSSR count). The van der Waals surface area contributed by atoms with E-state index >= 15 is 0 Å². The summed E-state index contributed by atoms with van der Waals surface area (Å²) in [4.78, 5) is 12.5. The second kappa shape index (κ2) is 9.88. The Bertz CT molecular complexity index is 1330. The second-order valence-corrected chi connectivity index (χ2v) is 9.08. The van der Waals surface area contributed by atoms with Gasteiger partial charge in [-0.3, -0.25) is 4.79 Å². The molecule has 0 unspecified atom stereocenters. The van der Waals surface area contributed by atoms with Crippen molar-refractivity contribution < 1.29 is 17.4 Å². The zero-order valence-corrected chi connectivity index (χ0v) is 19.0. The third kappa shape index (κ3) is 5.89. The molecule has 0 spiro atoms. The van der Waals surface area contributed by atoms with Crippen LogP contribution in [0, 0.1) is 18.3 Å². The highest BCUT2D eigenvalue weighted by Gasteiger charge is 2.19. The van der Waals surface area contributed by atoms with Gasteiger partial charge in [-0.05, 0) is 67.6 Å². The maximum Gasteiger partial charge on any atom is 0.339 e. The van der Waals surface area contributed by atoms with Crippen molar-refractivity contribution in [3.8, 4) is 11.8 Å². The molecule has 0 bridgehead atoms. The molecule has 0 fully saturated rings. The summed E-state index contributed by atoms with van der Waals surface area (Å²) in [6, 6.07) is 18.5. The average Bonchev–Trinajstić information content (AvgIpc) is 2.75. The van der Waals surface area contributed by atoms with E-state index < -0.39 is 16.0 Å². The number of rotatable bonds is 6. The van der Waals surface area contributed by atoms with Crippen molar-refractivity contribution >= 4 is 51.0 Å². The fourth-order valence-corrected chi connectivity index (χ4v) is 3.88. The molecular formula is C23H16Cl2N2O4S. The molecule has 32 heavy (non-hydrogen) atoms. The van der Waals surface area contributed by atoms with Gasteiger partial charge in [0, 0.05) is 21.3 Å². The molecular weight excluding hydrogens is 471 g/mol. The highest BCUT2D eigenvalue weighted by Crippen LogP contribution is 2.29. The lowest BCUT2D eigenvalue weighted by molar-refractivity contribution is -0.112. The van der Waals surface area contributed by atoms with Gasteiger partial charge < -0.3 is 9.50 Å². The number of hydrogen-bond donors (Lipinski definition) is 1. The predicted octanol–water partition coefficient (Wildman–Crippen LogP) is 5.62. The van der Waals surface area contributed by atoms with E-state index in [-0.39, 0.29) is 26.8 Å². The van der Waals surface area contributed by atoms with Crippen LogP contribution in [0.15, 0.2) is 77.2 Å². The molecule has 1 N–H and O–H groups in total. The molecule has 9 heteroatoms. The van der Waals surface area contributed by atoms with Gasteiger partial charge in [0.05, 0.1) is 0 Å². The number of hydrogen-bond acceptors (Lipinski definition) is 5. The van der Waals surface area contributed by atoms with Crippen LogP contribution in [0.25, 0.3) is 6.08 Å². The smallest absolute Gasteiger partial charge is 0.339 e. The zero-order valence-electron chi connectivity index (χ0n) is 16.7. The standard InChI is InChI=1S/C23H16Cl2N2O4S/c1-15-2-7-20(8-3-15)27-23(28)17(14-26)12-16-13-19(25)6-11-22(16)31-32(29,30)21-9-4-18(24)5-10-21/h2-13H,1H3,(H,27,28)/b17-12+. The van der Waals surface area contributed by atoms with Crippen molar-refractivity contribution in [2.75, 3.05) is 5.32 Å². The Kier molecular flexibility index (Phi) is 7.21. The quantitative estimate of drug-likeness (QED) is 0.277. The van der Waals surface area contributed by atoms with Gasteiger partial charge in [0.1, 0.15) is 22.3 Å². The molecule has 0 atom stereocenters. The fourth-order valence-electron chi connectivity index (χ4n) is 2.61. The van der Waals surface area contributed by atoms with Crippen molar-refractivity contribution in [2.45, 2.75) is 11.8 Å². The maximum atomic E-state index is 12.6. The Labute approximate surface area is 195 Å². The number of anilines is 1. The molecule has 0 radical (unpaired) electrons. The highest BCUT2D eigenvalue weighted by atomic mass is 35.5. The van der Waals surface area contributed by atoms with Crippen LogP contribution in [0.4, 0.5) is 5.69 Å². The summed E-state index contributed by atoms with van der Waals surface area (Å²) in [6.07, 6.45) is 1.21. The number of nitrogens with zero attached hydrogens (tertiary/aromatic N) is 1. The number of carbonyl (C=O) groups is 1. The van der Waals surface area contributed by atoms with E-state index in [9.17, 15) is 18.5 Å². The monoisotopic (exact) mass is 486 g/mol. The zero-order chi connectivity index (χ0) is 23.3. The van der Waals surface area contributed by atoms with Crippen LogP contribution < -0.4 is 9.50 Å². The van der Waals surface area contributed by atoms with E-state index in [0.717, 1.165) is 5.56 Å². The topological polar surface area (TPSA) is 96.3 Å². The van der Waals surface area contributed by atoms with Gasteiger partial charge in [0.15, 0.2) is 0 Å². The lowest BCUT2D eigenvalue weighted by Crippen LogP contribution is -2.14. The summed E-state index contributed by atoms with van der Waals surface area (Å²) in [6.45, 7) is 1.91. The molecule has 3 aromatic rings. The molecule has 0 saturated heterocycles. The summed E-state index contributed by atoms with van der Waals surface area (Å²) in [5.74, 6) is -0.761. The first-order chi connectivity index (χ1) is 15.2. The number of aryl methyl sites for hydroxylation is 1. The Balaban J connectivity index is 1.93. The Morgan fingerprint density at radius 1 is 1.00 bits per heavy atom. The lowest BCUT2D eigenvalue weighted by atomic mass is 10.1. The van der Waals surface area contributed by atoms with Crippen LogP contribution in [-0.4, -0.2) is 14.3 Å². The molecule has 0 aliphatic rings. The molecule has 162 valence electrons. The third-order valence-corrected chi connectivity index (χ3v) is 5.98. The van der Waals surface area contributed by atoms with Crippen molar-refractivity contribution in [3.05, 3.63) is 93.5 Å². The first-order valence-electron chi connectivity index (χ1n) is 9.17. The van der Waals surface area contributed by atoms with Gasteiger partial charge in [-0.1, -0.05) is 40.9 Å². The average molecular weight is 487 g/mol. The van der Waals surface area contributed by atoms with E-state index in [0.29, 0.717) is 10.7 Å². The number of carbonyl (C=O) groups excluding carboxylic acids is 1. The minimum Gasteiger partial charge on any atom is -0.378 e. The number of halogens is 2. The fraction of sp³-hybridized carbons (Fsp3) is 0.0435. The largest absolute Gasteiger partial charge is 0.378 e.